The van der Waals surface area contributed by atoms with Crippen molar-refractivity contribution in [3.63, 3.8) is 0 Å². The van der Waals surface area contributed by atoms with E-state index in [1.54, 1.807) is 0 Å². The van der Waals surface area contributed by atoms with Crippen LogP contribution in [0, 0.1) is 0 Å². The van der Waals surface area contributed by atoms with E-state index in [2.05, 4.69) is 22.9 Å². The fourth-order valence-electron chi connectivity index (χ4n) is 3.60. The van der Waals surface area contributed by atoms with E-state index in [9.17, 15) is 9.59 Å². The second kappa shape index (κ2) is 9.22. The lowest BCUT2D eigenvalue weighted by molar-refractivity contribution is -0.137. The molecule has 146 valence electrons. The highest BCUT2D eigenvalue weighted by Gasteiger charge is 2.17. The van der Waals surface area contributed by atoms with Crippen LogP contribution in [-0.2, 0) is 29.0 Å². The summed E-state index contributed by atoms with van der Waals surface area (Å²) in [5.74, 6) is -0.927. The number of nitrogens with zero attached hydrogens (tertiary/aromatic N) is 1. The molecule has 0 radical (unpaired) electrons. The van der Waals surface area contributed by atoms with Gasteiger partial charge in [0.05, 0.1) is 6.42 Å². The molecule has 1 aromatic heterocycles. The van der Waals surface area contributed by atoms with Crippen molar-refractivity contribution in [1.29, 1.82) is 0 Å². The summed E-state index contributed by atoms with van der Waals surface area (Å²) in [5, 5.41) is 13.2. The number of carboxylic acid groups (broad SMARTS) is 1. The number of benzene rings is 2. The number of amides is 1. The van der Waals surface area contributed by atoms with Crippen molar-refractivity contribution in [2.24, 2.45) is 0 Å². The Labute approximate surface area is 165 Å². The van der Waals surface area contributed by atoms with E-state index in [1.165, 1.54) is 0 Å². The molecule has 2 aromatic carbocycles. The summed E-state index contributed by atoms with van der Waals surface area (Å²) < 4.78 is 2.14. The second-order valence-corrected chi connectivity index (χ2v) is 7.02. The third-order valence-electron chi connectivity index (χ3n) is 4.96. The summed E-state index contributed by atoms with van der Waals surface area (Å²) in [4.78, 5) is 23.7. The number of carboxylic acids is 1. The number of carbonyl (C=O) groups excluding carboxylic acids is 1. The van der Waals surface area contributed by atoms with Crippen molar-refractivity contribution >= 4 is 22.8 Å². The number of aryl methyl sites for hydroxylation is 1. The maximum absolute atomic E-state index is 12.7. The van der Waals surface area contributed by atoms with Crippen LogP contribution in [0.1, 0.15) is 30.9 Å². The van der Waals surface area contributed by atoms with Gasteiger partial charge in [0.2, 0.25) is 5.91 Å². The first-order chi connectivity index (χ1) is 13.6. The number of fused-ring (bicyclic) bond motifs is 1. The minimum Gasteiger partial charge on any atom is -0.481 e. The van der Waals surface area contributed by atoms with Gasteiger partial charge in [0.25, 0.3) is 0 Å². The Morgan fingerprint density at radius 3 is 2.50 bits per heavy atom. The predicted molar refractivity (Wildman–Crippen MR) is 110 cm³/mol. The van der Waals surface area contributed by atoms with Gasteiger partial charge in [-0.25, -0.2) is 0 Å². The van der Waals surface area contributed by atoms with Gasteiger partial charge in [0.15, 0.2) is 0 Å². The van der Waals surface area contributed by atoms with E-state index < -0.39 is 5.97 Å². The fourth-order valence-corrected chi connectivity index (χ4v) is 3.60. The van der Waals surface area contributed by atoms with Crippen molar-refractivity contribution in [2.45, 2.75) is 45.2 Å². The molecule has 3 rings (SSSR count). The molecule has 28 heavy (non-hydrogen) atoms. The summed E-state index contributed by atoms with van der Waals surface area (Å²) in [7, 11) is 0. The minimum atomic E-state index is -0.849. The van der Waals surface area contributed by atoms with Crippen LogP contribution in [-0.4, -0.2) is 27.6 Å². The summed E-state index contributed by atoms with van der Waals surface area (Å²) in [6.45, 7) is 2.93. The maximum Gasteiger partial charge on any atom is 0.303 e. The number of aliphatic carboxylic acids is 1. The highest BCUT2D eigenvalue weighted by molar-refractivity contribution is 5.89. The number of hydrogen-bond acceptors (Lipinski definition) is 2. The quantitative estimate of drug-likeness (QED) is 0.595. The van der Waals surface area contributed by atoms with E-state index in [-0.39, 0.29) is 24.8 Å². The molecule has 0 saturated heterocycles. The van der Waals surface area contributed by atoms with E-state index in [4.69, 9.17) is 5.11 Å². The molecule has 1 heterocycles. The summed E-state index contributed by atoms with van der Waals surface area (Å²) >= 11 is 0. The van der Waals surface area contributed by atoms with Crippen LogP contribution in [0.4, 0.5) is 0 Å². The van der Waals surface area contributed by atoms with Gasteiger partial charge >= 0.3 is 5.97 Å². The minimum absolute atomic E-state index is 0.0346. The molecule has 0 bridgehead atoms. The van der Waals surface area contributed by atoms with Gasteiger partial charge in [-0.3, -0.25) is 9.59 Å². The molecule has 2 N–H and O–H groups in total. The van der Waals surface area contributed by atoms with Crippen LogP contribution in [0.15, 0.2) is 60.8 Å². The highest BCUT2D eigenvalue weighted by atomic mass is 16.4. The molecular weight excluding hydrogens is 352 g/mol. The van der Waals surface area contributed by atoms with Crippen LogP contribution in [0.5, 0.6) is 0 Å². The van der Waals surface area contributed by atoms with E-state index in [1.807, 2.05) is 54.7 Å². The Bertz CT molecular complexity index is 947. The molecular formula is C23H26N2O3. The van der Waals surface area contributed by atoms with Gasteiger partial charge in [-0.1, -0.05) is 48.5 Å². The molecule has 0 aliphatic heterocycles. The fraction of sp³-hybridized carbons (Fsp3) is 0.304. The van der Waals surface area contributed by atoms with Crippen molar-refractivity contribution in [2.75, 3.05) is 0 Å². The van der Waals surface area contributed by atoms with Crippen LogP contribution in [0.2, 0.25) is 0 Å². The number of hydrogen-bond donors (Lipinski definition) is 2. The molecule has 1 atom stereocenters. The summed E-state index contributed by atoms with van der Waals surface area (Å²) in [5.41, 5.74) is 3.20. The molecule has 5 heteroatoms. The van der Waals surface area contributed by atoms with E-state index in [0.717, 1.165) is 28.6 Å². The van der Waals surface area contributed by atoms with Crippen molar-refractivity contribution in [3.8, 4) is 0 Å². The Morgan fingerprint density at radius 2 is 1.79 bits per heavy atom. The first-order valence-electron chi connectivity index (χ1n) is 9.68. The Hall–Kier alpha value is -3.08. The number of rotatable bonds is 9. The Morgan fingerprint density at radius 1 is 1.07 bits per heavy atom. The third-order valence-corrected chi connectivity index (χ3v) is 4.96. The molecule has 0 aliphatic rings. The lowest BCUT2D eigenvalue weighted by Gasteiger charge is -2.18. The largest absolute Gasteiger partial charge is 0.481 e. The lowest BCUT2D eigenvalue weighted by atomic mass is 10.0. The Kier molecular flexibility index (Phi) is 6.48. The zero-order valence-corrected chi connectivity index (χ0v) is 16.1. The monoisotopic (exact) mass is 378 g/mol. The number of nitrogens with one attached hydrogen (secondary N) is 1. The van der Waals surface area contributed by atoms with Gasteiger partial charge in [0.1, 0.15) is 0 Å². The molecule has 0 saturated carbocycles. The SMILES string of the molecule is CCn1cc(CC(=O)NC(CCC(=O)O)Cc2ccccc2)c2ccccc21. The molecule has 3 aromatic rings. The smallest absolute Gasteiger partial charge is 0.303 e. The zero-order chi connectivity index (χ0) is 19.9. The predicted octanol–water partition coefficient (Wildman–Crippen LogP) is 3.80. The normalized spacial score (nSPS) is 12.0. The van der Waals surface area contributed by atoms with Gasteiger partial charge < -0.3 is 15.0 Å². The van der Waals surface area contributed by atoms with Crippen LogP contribution < -0.4 is 5.32 Å². The van der Waals surface area contributed by atoms with Crippen molar-refractivity contribution in [3.05, 3.63) is 71.9 Å². The molecule has 1 amide bonds. The molecule has 5 nitrogen and oxygen atoms in total. The van der Waals surface area contributed by atoms with E-state index in [0.29, 0.717) is 12.8 Å². The summed E-state index contributed by atoms with van der Waals surface area (Å²) in [6.07, 6.45) is 3.38. The number of para-hydroxylation sites is 1. The van der Waals surface area contributed by atoms with Crippen LogP contribution >= 0.6 is 0 Å². The number of carbonyl (C=O) groups is 2. The zero-order valence-electron chi connectivity index (χ0n) is 16.1. The molecule has 0 fully saturated rings. The van der Waals surface area contributed by atoms with Gasteiger partial charge in [0, 0.05) is 36.1 Å². The number of aromatic nitrogens is 1. The van der Waals surface area contributed by atoms with Crippen molar-refractivity contribution in [1.82, 2.24) is 9.88 Å². The molecule has 0 spiro atoms. The lowest BCUT2D eigenvalue weighted by Crippen LogP contribution is -2.37. The van der Waals surface area contributed by atoms with Crippen LogP contribution in [0.25, 0.3) is 10.9 Å². The topological polar surface area (TPSA) is 71.3 Å². The van der Waals surface area contributed by atoms with Gasteiger partial charge in [-0.2, -0.15) is 0 Å². The third kappa shape index (κ3) is 5.00. The average Bonchev–Trinajstić information content (AvgIpc) is 3.04. The standard InChI is InChI=1S/C23H26N2O3/c1-2-25-16-18(20-10-6-7-11-21(20)25)15-22(26)24-19(12-13-23(27)28)14-17-8-4-3-5-9-17/h3-11,16,19H,2,12-15H2,1H3,(H,24,26)(H,27,28). The average molecular weight is 378 g/mol. The van der Waals surface area contributed by atoms with Crippen molar-refractivity contribution < 1.29 is 14.7 Å². The van der Waals surface area contributed by atoms with Crippen LogP contribution in [0.3, 0.4) is 0 Å². The van der Waals surface area contributed by atoms with Gasteiger partial charge in [-0.05, 0) is 37.0 Å². The molecule has 0 aliphatic carbocycles. The molecule has 1 unspecified atom stereocenters. The first-order valence-corrected chi connectivity index (χ1v) is 9.68. The second-order valence-electron chi connectivity index (χ2n) is 7.02. The summed E-state index contributed by atoms with van der Waals surface area (Å²) in [6, 6.07) is 17.7. The maximum atomic E-state index is 12.7. The van der Waals surface area contributed by atoms with E-state index >= 15 is 0 Å². The highest BCUT2D eigenvalue weighted by Crippen LogP contribution is 2.22. The Balaban J connectivity index is 1.72. The van der Waals surface area contributed by atoms with Gasteiger partial charge in [-0.15, -0.1) is 0 Å². The first kappa shape index (κ1) is 19.7.